The summed E-state index contributed by atoms with van der Waals surface area (Å²) >= 11 is 0. The van der Waals surface area contributed by atoms with Crippen molar-refractivity contribution >= 4 is 21.7 Å². The van der Waals surface area contributed by atoms with Crippen molar-refractivity contribution < 1.29 is 22.7 Å². The van der Waals surface area contributed by atoms with Gasteiger partial charge >= 0.3 is 5.97 Å². The Kier molecular flexibility index (Phi) is 4.77. The van der Waals surface area contributed by atoms with Crippen molar-refractivity contribution in [2.45, 2.75) is 63.9 Å². The molecule has 0 aromatic heterocycles. The van der Waals surface area contributed by atoms with Gasteiger partial charge in [0, 0.05) is 12.8 Å². The highest BCUT2D eigenvalue weighted by Crippen LogP contribution is 2.27. The summed E-state index contributed by atoms with van der Waals surface area (Å²) in [5.74, 6) is -1.02. The summed E-state index contributed by atoms with van der Waals surface area (Å²) in [7, 11) is -3.57. The lowest BCUT2D eigenvalue weighted by Gasteiger charge is -2.32. The third kappa shape index (κ3) is 3.96. The second-order valence-electron chi connectivity index (χ2n) is 6.97. The first kappa shape index (κ1) is 17.9. The molecule has 0 aromatic carbocycles. The second-order valence-corrected chi connectivity index (χ2v) is 9.54. The molecule has 21 heavy (non-hydrogen) atoms. The largest absolute Gasteiger partial charge is 0.458 e. The molecule has 0 spiro atoms. The Labute approximate surface area is 126 Å². The highest BCUT2D eigenvalue weighted by molar-refractivity contribution is 7.92. The van der Waals surface area contributed by atoms with E-state index in [1.54, 1.807) is 20.8 Å². The van der Waals surface area contributed by atoms with E-state index >= 15 is 0 Å². The SMILES string of the molecule is CC(C)(C)OC(=O)[C@H]1CCCN1C(=O)C(C)(C)S(C)(=O)=O. The summed E-state index contributed by atoms with van der Waals surface area (Å²) in [6, 6.07) is -0.697. The zero-order chi connectivity index (χ0) is 16.6. The Balaban J connectivity index is 2.97. The summed E-state index contributed by atoms with van der Waals surface area (Å²) in [4.78, 5) is 26.1. The summed E-state index contributed by atoms with van der Waals surface area (Å²) in [5.41, 5.74) is -0.638. The molecule has 6 nitrogen and oxygen atoms in total. The maximum absolute atomic E-state index is 12.5. The number of sulfone groups is 1. The maximum atomic E-state index is 12.5. The number of esters is 1. The van der Waals surface area contributed by atoms with Crippen molar-refractivity contribution in [3.05, 3.63) is 0 Å². The van der Waals surface area contributed by atoms with Crippen LogP contribution in [0.25, 0.3) is 0 Å². The van der Waals surface area contributed by atoms with Crippen LogP contribution in [0.1, 0.15) is 47.5 Å². The van der Waals surface area contributed by atoms with E-state index < -0.39 is 38.1 Å². The summed E-state index contributed by atoms with van der Waals surface area (Å²) in [5, 5.41) is 0. The van der Waals surface area contributed by atoms with E-state index in [1.165, 1.54) is 18.7 Å². The first-order valence-electron chi connectivity index (χ1n) is 7.01. The van der Waals surface area contributed by atoms with Gasteiger partial charge in [-0.05, 0) is 47.5 Å². The van der Waals surface area contributed by atoms with Crippen LogP contribution in [-0.4, -0.2) is 54.4 Å². The van der Waals surface area contributed by atoms with Crippen molar-refractivity contribution in [1.82, 2.24) is 4.90 Å². The van der Waals surface area contributed by atoms with Crippen LogP contribution in [0.4, 0.5) is 0 Å². The Morgan fingerprint density at radius 1 is 1.14 bits per heavy atom. The molecule has 0 aliphatic carbocycles. The van der Waals surface area contributed by atoms with Crippen molar-refractivity contribution in [2.24, 2.45) is 0 Å². The van der Waals surface area contributed by atoms with Crippen molar-refractivity contribution in [3.8, 4) is 0 Å². The molecule has 1 fully saturated rings. The fourth-order valence-corrected chi connectivity index (χ4v) is 2.56. The van der Waals surface area contributed by atoms with Gasteiger partial charge in [0.05, 0.1) is 0 Å². The van der Waals surface area contributed by atoms with E-state index in [9.17, 15) is 18.0 Å². The highest BCUT2D eigenvalue weighted by atomic mass is 32.2. The molecule has 0 aromatic rings. The summed E-state index contributed by atoms with van der Waals surface area (Å²) in [6.45, 7) is 8.39. The van der Waals surface area contributed by atoms with Crippen LogP contribution in [0.5, 0.6) is 0 Å². The van der Waals surface area contributed by atoms with Gasteiger partial charge in [0.2, 0.25) is 5.91 Å². The molecule has 1 rings (SSSR count). The van der Waals surface area contributed by atoms with Crippen molar-refractivity contribution in [2.75, 3.05) is 12.8 Å². The average molecular weight is 319 g/mol. The zero-order valence-electron chi connectivity index (χ0n) is 13.6. The van der Waals surface area contributed by atoms with Crippen LogP contribution >= 0.6 is 0 Å². The number of carbonyl (C=O) groups excluding carboxylic acids is 2. The molecule has 1 aliphatic heterocycles. The molecule has 1 amide bonds. The molecule has 1 aliphatic rings. The molecule has 1 saturated heterocycles. The van der Waals surface area contributed by atoms with Crippen molar-refractivity contribution in [1.29, 1.82) is 0 Å². The number of likely N-dealkylation sites (tertiary alicyclic amines) is 1. The van der Waals surface area contributed by atoms with Gasteiger partial charge in [-0.25, -0.2) is 13.2 Å². The monoisotopic (exact) mass is 319 g/mol. The third-order valence-corrected chi connectivity index (χ3v) is 5.66. The van der Waals surface area contributed by atoms with Crippen LogP contribution in [0.15, 0.2) is 0 Å². The average Bonchev–Trinajstić information content (AvgIpc) is 2.72. The van der Waals surface area contributed by atoms with E-state index in [0.717, 1.165) is 6.26 Å². The molecular formula is C14H25NO5S. The Hall–Kier alpha value is -1.11. The van der Waals surface area contributed by atoms with E-state index in [0.29, 0.717) is 19.4 Å². The van der Waals surface area contributed by atoms with Gasteiger partial charge in [-0.15, -0.1) is 0 Å². The van der Waals surface area contributed by atoms with Gasteiger partial charge in [0.1, 0.15) is 16.4 Å². The van der Waals surface area contributed by atoms with Gasteiger partial charge in [-0.3, -0.25) is 4.79 Å². The summed E-state index contributed by atoms with van der Waals surface area (Å²) in [6.07, 6.45) is 2.19. The Morgan fingerprint density at radius 2 is 1.67 bits per heavy atom. The van der Waals surface area contributed by atoms with E-state index in [-0.39, 0.29) is 0 Å². The van der Waals surface area contributed by atoms with Crippen LogP contribution in [-0.2, 0) is 24.2 Å². The van der Waals surface area contributed by atoms with E-state index in [2.05, 4.69) is 0 Å². The predicted molar refractivity (Wildman–Crippen MR) is 79.5 cm³/mol. The first-order valence-corrected chi connectivity index (χ1v) is 8.90. The maximum Gasteiger partial charge on any atom is 0.329 e. The van der Waals surface area contributed by atoms with Gasteiger partial charge in [-0.1, -0.05) is 0 Å². The van der Waals surface area contributed by atoms with Gasteiger partial charge < -0.3 is 9.64 Å². The molecule has 0 N–H and O–H groups in total. The van der Waals surface area contributed by atoms with E-state index in [1.807, 2.05) is 0 Å². The number of hydrogen-bond acceptors (Lipinski definition) is 5. The quantitative estimate of drug-likeness (QED) is 0.729. The molecule has 7 heteroatoms. The van der Waals surface area contributed by atoms with Crippen LogP contribution in [0, 0.1) is 0 Å². The lowest BCUT2D eigenvalue weighted by Crippen LogP contribution is -2.53. The van der Waals surface area contributed by atoms with Gasteiger partial charge in [0.25, 0.3) is 0 Å². The highest BCUT2D eigenvalue weighted by Gasteiger charge is 2.46. The van der Waals surface area contributed by atoms with Crippen LogP contribution in [0.2, 0.25) is 0 Å². The summed E-state index contributed by atoms with van der Waals surface area (Å²) < 4.78 is 27.4. The number of carbonyl (C=O) groups is 2. The Morgan fingerprint density at radius 3 is 2.10 bits per heavy atom. The fourth-order valence-electron chi connectivity index (χ4n) is 2.13. The number of ether oxygens (including phenoxy) is 1. The fraction of sp³-hybridized carbons (Fsp3) is 0.857. The van der Waals surface area contributed by atoms with Gasteiger partial charge in [-0.2, -0.15) is 0 Å². The second kappa shape index (κ2) is 5.59. The predicted octanol–water partition coefficient (Wildman–Crippen LogP) is 1.14. The molecule has 0 unspecified atom stereocenters. The molecule has 0 bridgehead atoms. The molecular weight excluding hydrogens is 294 g/mol. The van der Waals surface area contributed by atoms with Crippen LogP contribution in [0.3, 0.4) is 0 Å². The number of hydrogen-bond donors (Lipinski definition) is 0. The standard InChI is InChI=1S/C14H25NO5S/c1-13(2,3)20-11(16)10-8-7-9-15(10)12(17)14(4,5)21(6,18)19/h10H,7-9H2,1-6H3/t10-/m1/s1. The van der Waals surface area contributed by atoms with Crippen LogP contribution < -0.4 is 0 Å². The number of nitrogens with zero attached hydrogens (tertiary/aromatic N) is 1. The molecule has 122 valence electrons. The van der Waals surface area contributed by atoms with Crippen molar-refractivity contribution in [3.63, 3.8) is 0 Å². The number of amides is 1. The first-order chi connectivity index (χ1) is 9.27. The molecule has 0 radical (unpaired) electrons. The topological polar surface area (TPSA) is 80.8 Å². The third-order valence-electron chi connectivity index (χ3n) is 3.63. The zero-order valence-corrected chi connectivity index (χ0v) is 14.4. The molecule has 1 atom stereocenters. The Bertz CT molecular complexity index is 530. The lowest BCUT2D eigenvalue weighted by molar-refractivity contribution is -0.163. The van der Waals surface area contributed by atoms with Gasteiger partial charge in [0.15, 0.2) is 9.84 Å². The minimum Gasteiger partial charge on any atom is -0.458 e. The number of rotatable bonds is 3. The molecule has 1 heterocycles. The minimum absolute atomic E-state index is 0.377. The smallest absolute Gasteiger partial charge is 0.329 e. The normalized spacial score (nSPS) is 20.5. The lowest BCUT2D eigenvalue weighted by atomic mass is 10.1. The molecule has 0 saturated carbocycles. The van der Waals surface area contributed by atoms with E-state index in [4.69, 9.17) is 4.74 Å². The minimum atomic E-state index is -3.57.